The van der Waals surface area contributed by atoms with E-state index in [9.17, 15) is 18.0 Å². The first-order chi connectivity index (χ1) is 5.41. The van der Waals surface area contributed by atoms with Crippen LogP contribution in [0, 0.1) is 5.92 Å². The Kier molecular flexibility index (Phi) is 1.84. The summed E-state index contributed by atoms with van der Waals surface area (Å²) in [6.07, 6.45) is -6.00. The first kappa shape index (κ1) is 7.13. The van der Waals surface area contributed by atoms with Crippen molar-refractivity contribution in [2.24, 2.45) is 5.92 Å². The fourth-order valence-corrected chi connectivity index (χ4v) is 1.11. The highest BCUT2D eigenvalue weighted by molar-refractivity contribution is 5.79. The molecule has 1 nitrogen and oxygen atoms in total. The van der Waals surface area contributed by atoms with Crippen LogP contribution in [0.1, 0.15) is 27.0 Å². The van der Waals surface area contributed by atoms with Crippen molar-refractivity contribution in [3.8, 4) is 0 Å². The molecule has 2 unspecified atom stereocenters. The molecule has 1 fully saturated rings. The molecule has 0 bridgehead atoms. The van der Waals surface area contributed by atoms with Crippen molar-refractivity contribution in [2.45, 2.75) is 31.8 Å². The smallest absolute Gasteiger partial charge is 0.300 e. The number of ketones is 1. The maximum atomic E-state index is 12.0. The molecule has 0 amide bonds. The second-order valence-corrected chi connectivity index (χ2v) is 2.68. The molecule has 0 saturated heterocycles. The van der Waals surface area contributed by atoms with Crippen molar-refractivity contribution in [2.75, 3.05) is 0 Å². The van der Waals surface area contributed by atoms with Gasteiger partial charge < -0.3 is 0 Å². The van der Waals surface area contributed by atoms with E-state index in [0.717, 1.165) is 0 Å². The van der Waals surface area contributed by atoms with E-state index in [1.54, 1.807) is 0 Å². The van der Waals surface area contributed by atoms with Gasteiger partial charge in [-0.2, -0.15) is 13.2 Å². The van der Waals surface area contributed by atoms with Crippen LogP contribution in [0.3, 0.4) is 0 Å². The predicted molar refractivity (Wildman–Crippen MR) is 33.0 cm³/mol. The molecular weight excluding hydrogens is 157 g/mol. The lowest BCUT2D eigenvalue weighted by Crippen LogP contribution is -2.27. The van der Waals surface area contributed by atoms with Crippen LogP contribution < -0.4 is 0 Å². The molecule has 0 aromatic rings. The zero-order chi connectivity index (χ0) is 9.35. The Hall–Kier alpha value is -0.540. The molecule has 11 heavy (non-hydrogen) atoms. The second-order valence-electron chi connectivity index (χ2n) is 2.68. The molecule has 1 aliphatic carbocycles. The van der Waals surface area contributed by atoms with Gasteiger partial charge in [0, 0.05) is 14.2 Å². The third-order valence-corrected chi connectivity index (χ3v) is 1.83. The summed E-state index contributed by atoms with van der Waals surface area (Å²) in [5, 5.41) is 0. The number of hydrogen-bond donors (Lipinski definition) is 0. The summed E-state index contributed by atoms with van der Waals surface area (Å²) in [5.74, 6) is -1.81. The highest BCUT2D eigenvalue weighted by Gasteiger charge is 2.40. The van der Waals surface area contributed by atoms with Gasteiger partial charge in [-0.1, -0.05) is 0 Å². The summed E-state index contributed by atoms with van der Waals surface area (Å²) in [6, 6.07) is 0. The average Bonchev–Trinajstić information content (AvgIpc) is 1.92. The number of halogens is 3. The fraction of sp³-hybridized carbons (Fsp3) is 0.857. The molecule has 0 aromatic carbocycles. The maximum absolute atomic E-state index is 12.0. The van der Waals surface area contributed by atoms with Crippen LogP contribution in [0.25, 0.3) is 0 Å². The van der Waals surface area contributed by atoms with E-state index in [1.807, 2.05) is 0 Å². The van der Waals surface area contributed by atoms with Crippen molar-refractivity contribution < 1.29 is 19.3 Å². The first-order valence-corrected chi connectivity index (χ1v) is 3.43. The van der Waals surface area contributed by atoms with Crippen molar-refractivity contribution in [3.63, 3.8) is 0 Å². The van der Waals surface area contributed by atoms with Gasteiger partial charge in [0.05, 0.1) is 5.92 Å². The Morgan fingerprint density at radius 3 is 2.55 bits per heavy atom. The molecule has 64 valence electrons. The summed E-state index contributed by atoms with van der Waals surface area (Å²) in [4.78, 5) is 10.7. The van der Waals surface area contributed by atoms with E-state index in [1.165, 1.54) is 0 Å². The monoisotopic (exact) mass is 167 g/mol. The molecule has 0 heterocycles. The molecule has 2 atom stereocenters. The van der Waals surface area contributed by atoms with Crippen LogP contribution in [0.15, 0.2) is 0 Å². The van der Waals surface area contributed by atoms with Crippen LogP contribution in [0.2, 0.25) is 0 Å². The van der Waals surface area contributed by atoms with Crippen molar-refractivity contribution >= 4 is 5.78 Å². The Labute approximate surface area is 64.0 Å². The average molecular weight is 167 g/mol. The first-order valence-electron chi connectivity index (χ1n) is 4.00. The zero-order valence-corrected chi connectivity index (χ0v) is 5.82. The van der Waals surface area contributed by atoms with E-state index in [0.29, 0.717) is 0 Å². The van der Waals surface area contributed by atoms with E-state index in [4.69, 9.17) is 1.37 Å². The van der Waals surface area contributed by atoms with Gasteiger partial charge in [0.2, 0.25) is 0 Å². The summed E-state index contributed by atoms with van der Waals surface area (Å²) in [5.41, 5.74) is 0. The number of Topliss-reactive ketones (excluding diaryl/α,β-unsaturated/α-hetero) is 1. The van der Waals surface area contributed by atoms with Gasteiger partial charge in [-0.15, -0.1) is 0 Å². The minimum atomic E-state index is -4.24. The molecule has 4 heteroatoms. The Morgan fingerprint density at radius 2 is 2.09 bits per heavy atom. The minimum absolute atomic E-state index is 0.0989. The lowest BCUT2D eigenvalue weighted by atomic mass is 9.88. The van der Waals surface area contributed by atoms with Crippen LogP contribution in [-0.4, -0.2) is 12.0 Å². The topological polar surface area (TPSA) is 17.1 Å². The number of carbonyl (C=O) groups excluding carboxylic acids is 1. The molecule has 1 saturated carbocycles. The van der Waals surface area contributed by atoms with Crippen molar-refractivity contribution in [1.29, 1.82) is 0 Å². The van der Waals surface area contributed by atoms with Crippen molar-refractivity contribution in [3.05, 3.63) is 0 Å². The van der Waals surface area contributed by atoms with Gasteiger partial charge in [0.25, 0.3) is 0 Å². The fourth-order valence-electron chi connectivity index (χ4n) is 1.11. The highest BCUT2D eigenvalue weighted by atomic mass is 19.4. The van der Waals surface area contributed by atoms with E-state index < -0.39 is 18.5 Å². The molecule has 0 aromatic heterocycles. The number of hydrogen-bond acceptors (Lipinski definition) is 1. The molecule has 0 aliphatic heterocycles. The van der Waals surface area contributed by atoms with Crippen LogP contribution >= 0.6 is 0 Å². The Bertz CT molecular complexity index is 190. The predicted octanol–water partition coefficient (Wildman–Crippen LogP) is 2.31. The van der Waals surface area contributed by atoms with Gasteiger partial charge in [-0.3, -0.25) is 4.79 Å². The van der Waals surface area contributed by atoms with Gasteiger partial charge in [-0.25, -0.2) is 0 Å². The third kappa shape index (κ3) is 2.20. The molecule has 1 rings (SSSR count). The van der Waals surface area contributed by atoms with Crippen LogP contribution in [0.5, 0.6) is 0 Å². The third-order valence-electron chi connectivity index (χ3n) is 1.83. The standard InChI is InChI=1S/C7H9F3O/c8-7(9,10)5-1-3-6(11)4-2-5/h5H,1-4H2/i3D. The molecule has 1 aliphatic rings. The molecule has 0 spiro atoms. The number of carbonyl (C=O) groups is 1. The van der Waals surface area contributed by atoms with E-state index in [-0.39, 0.29) is 25.0 Å². The van der Waals surface area contributed by atoms with Crippen LogP contribution in [0.4, 0.5) is 13.2 Å². The summed E-state index contributed by atoms with van der Waals surface area (Å²) < 4.78 is 43.2. The van der Waals surface area contributed by atoms with Crippen molar-refractivity contribution in [1.82, 2.24) is 0 Å². The summed E-state index contributed by atoms with van der Waals surface area (Å²) >= 11 is 0. The van der Waals surface area contributed by atoms with E-state index in [2.05, 4.69) is 0 Å². The second kappa shape index (κ2) is 2.83. The SMILES string of the molecule is [2H]C1CC(C(F)(F)F)CCC1=O. The van der Waals surface area contributed by atoms with Gasteiger partial charge in [0.15, 0.2) is 0 Å². The summed E-state index contributed by atoms with van der Waals surface area (Å²) in [7, 11) is 0. The Balaban J connectivity index is 2.57. The lowest BCUT2D eigenvalue weighted by Gasteiger charge is -2.22. The normalized spacial score (nSPS) is 35.2. The Morgan fingerprint density at radius 1 is 1.45 bits per heavy atom. The lowest BCUT2D eigenvalue weighted by molar-refractivity contribution is -0.182. The summed E-state index contributed by atoms with van der Waals surface area (Å²) in [6.45, 7) is 0. The van der Waals surface area contributed by atoms with Gasteiger partial charge in [0.1, 0.15) is 5.78 Å². The van der Waals surface area contributed by atoms with E-state index >= 15 is 0 Å². The maximum Gasteiger partial charge on any atom is 0.391 e. The largest absolute Gasteiger partial charge is 0.391 e. The minimum Gasteiger partial charge on any atom is -0.300 e. The quantitative estimate of drug-likeness (QED) is 0.541. The molecule has 0 N–H and O–H groups in total. The highest BCUT2D eigenvalue weighted by Crippen LogP contribution is 2.36. The zero-order valence-electron chi connectivity index (χ0n) is 6.82. The van der Waals surface area contributed by atoms with Crippen LogP contribution in [-0.2, 0) is 4.79 Å². The molecule has 0 radical (unpaired) electrons. The molecular formula is C7H9F3O. The van der Waals surface area contributed by atoms with Gasteiger partial charge >= 0.3 is 6.18 Å². The van der Waals surface area contributed by atoms with Gasteiger partial charge in [-0.05, 0) is 12.8 Å². The number of rotatable bonds is 0. The number of alkyl halides is 3.